The van der Waals surface area contributed by atoms with E-state index in [9.17, 15) is 15.3 Å². The van der Waals surface area contributed by atoms with Gasteiger partial charge in [0.15, 0.2) is 0 Å². The fourth-order valence-corrected chi connectivity index (χ4v) is 3.61. The van der Waals surface area contributed by atoms with Crippen molar-refractivity contribution in [1.82, 2.24) is 5.01 Å². The Morgan fingerprint density at radius 2 is 1.75 bits per heavy atom. The van der Waals surface area contributed by atoms with Crippen molar-refractivity contribution in [2.75, 3.05) is 7.11 Å². The lowest BCUT2D eigenvalue weighted by Crippen LogP contribution is -2.34. The van der Waals surface area contributed by atoms with E-state index in [2.05, 4.69) is 5.10 Å². The minimum atomic E-state index is -1.01. The van der Waals surface area contributed by atoms with Gasteiger partial charge in [-0.25, -0.2) is 5.01 Å². The molecule has 140 valence electrons. The van der Waals surface area contributed by atoms with Gasteiger partial charge in [-0.05, 0) is 18.6 Å². The molecule has 28 heavy (non-hydrogen) atoms. The van der Waals surface area contributed by atoms with Gasteiger partial charge in [0.2, 0.25) is 0 Å². The van der Waals surface area contributed by atoms with Crippen LogP contribution in [0.4, 0.5) is 0 Å². The second-order valence-electron chi connectivity index (χ2n) is 6.60. The predicted molar refractivity (Wildman–Crippen MR) is 104 cm³/mol. The number of carbonyl (C=O) groups is 1. The topological polar surface area (TPSA) is 89.5 Å². The average Bonchev–Trinajstić information content (AvgIpc) is 3.00. The normalized spacial score (nSPS) is 17.0. The van der Waals surface area contributed by atoms with Gasteiger partial charge in [0.1, 0.15) is 11.7 Å². The smallest absolute Gasteiger partial charge is 0.252 e. The van der Waals surface area contributed by atoms with Crippen LogP contribution in [0.5, 0.6) is 5.75 Å². The lowest BCUT2D eigenvalue weighted by molar-refractivity contribution is -0.133. The van der Waals surface area contributed by atoms with E-state index in [0.29, 0.717) is 23.6 Å². The second-order valence-corrected chi connectivity index (χ2v) is 6.60. The molecule has 2 aromatic carbocycles. The number of nitriles is 2. The summed E-state index contributed by atoms with van der Waals surface area (Å²) in [4.78, 5) is 13.2. The number of carbonyl (C=O) groups excluding carboxylic acids is 1. The van der Waals surface area contributed by atoms with Crippen LogP contribution in [0.3, 0.4) is 0 Å². The summed E-state index contributed by atoms with van der Waals surface area (Å²) in [5.41, 5.74) is 2.21. The van der Waals surface area contributed by atoms with Gasteiger partial charge in [0.05, 0.1) is 31.7 Å². The number of methoxy groups -OCH3 is 1. The molecule has 2 aromatic rings. The van der Waals surface area contributed by atoms with Crippen molar-refractivity contribution in [2.45, 2.75) is 19.4 Å². The number of hydrogen-bond donors (Lipinski definition) is 0. The van der Waals surface area contributed by atoms with E-state index in [4.69, 9.17) is 4.74 Å². The van der Waals surface area contributed by atoms with Gasteiger partial charge >= 0.3 is 0 Å². The maximum atomic E-state index is 13.2. The first-order valence-electron chi connectivity index (χ1n) is 8.93. The Labute approximate surface area is 164 Å². The van der Waals surface area contributed by atoms with Crippen molar-refractivity contribution in [3.8, 4) is 17.9 Å². The maximum absolute atomic E-state index is 13.2. The highest BCUT2D eigenvalue weighted by molar-refractivity contribution is 6.07. The third kappa shape index (κ3) is 3.58. The molecule has 1 aliphatic heterocycles. The summed E-state index contributed by atoms with van der Waals surface area (Å²) < 4.78 is 5.43. The van der Waals surface area contributed by atoms with Gasteiger partial charge in [-0.1, -0.05) is 48.5 Å². The van der Waals surface area contributed by atoms with Crippen molar-refractivity contribution >= 4 is 11.6 Å². The molecular formula is C22H20N4O2. The molecule has 2 atom stereocenters. The molecule has 0 saturated carbocycles. The van der Waals surface area contributed by atoms with Crippen molar-refractivity contribution in [1.29, 1.82) is 10.5 Å². The molecule has 0 saturated heterocycles. The number of rotatable bonds is 6. The van der Waals surface area contributed by atoms with E-state index in [1.54, 1.807) is 19.1 Å². The van der Waals surface area contributed by atoms with Gasteiger partial charge in [-0.15, -0.1) is 0 Å². The minimum absolute atomic E-state index is 0.215. The molecule has 0 fully saturated rings. The number of para-hydroxylation sites is 1. The molecule has 1 heterocycles. The van der Waals surface area contributed by atoms with Crippen LogP contribution in [-0.2, 0) is 11.3 Å². The zero-order valence-corrected chi connectivity index (χ0v) is 15.7. The third-order valence-corrected chi connectivity index (χ3v) is 4.92. The number of ether oxygens (including phenoxy) is 1. The first-order chi connectivity index (χ1) is 13.6. The lowest BCUT2D eigenvalue weighted by Gasteiger charge is -2.25. The molecule has 6 nitrogen and oxygen atoms in total. The molecule has 1 aliphatic rings. The Hall–Kier alpha value is -3.64. The number of amides is 1. The van der Waals surface area contributed by atoms with E-state index in [0.717, 1.165) is 5.56 Å². The fourth-order valence-electron chi connectivity index (χ4n) is 3.61. The molecule has 0 aliphatic carbocycles. The first-order valence-corrected chi connectivity index (χ1v) is 8.93. The van der Waals surface area contributed by atoms with Crippen LogP contribution in [-0.4, -0.2) is 23.7 Å². The summed E-state index contributed by atoms with van der Waals surface area (Å²) in [7, 11) is 1.53. The van der Waals surface area contributed by atoms with Crippen LogP contribution < -0.4 is 4.74 Å². The van der Waals surface area contributed by atoms with Crippen LogP contribution in [0.1, 0.15) is 24.0 Å². The van der Waals surface area contributed by atoms with Crippen LogP contribution >= 0.6 is 0 Å². The minimum Gasteiger partial charge on any atom is -0.496 e. The quantitative estimate of drug-likeness (QED) is 0.776. The highest BCUT2D eigenvalue weighted by Crippen LogP contribution is 2.41. The van der Waals surface area contributed by atoms with E-state index in [1.807, 2.05) is 54.6 Å². The summed E-state index contributed by atoms with van der Waals surface area (Å²) in [6, 6.07) is 20.8. The summed E-state index contributed by atoms with van der Waals surface area (Å²) in [5, 5.41) is 25.0. The van der Waals surface area contributed by atoms with Crippen molar-refractivity contribution < 1.29 is 9.53 Å². The molecule has 0 aromatic heterocycles. The second kappa shape index (κ2) is 8.37. The highest BCUT2D eigenvalue weighted by atomic mass is 16.5. The molecule has 0 spiro atoms. The van der Waals surface area contributed by atoms with Gasteiger partial charge in [0, 0.05) is 17.2 Å². The van der Waals surface area contributed by atoms with Gasteiger partial charge in [-0.3, -0.25) is 4.79 Å². The molecule has 3 rings (SSSR count). The Morgan fingerprint density at radius 3 is 2.39 bits per heavy atom. The molecule has 6 heteroatoms. The Bertz CT molecular complexity index is 958. The first kappa shape index (κ1) is 19.1. The van der Waals surface area contributed by atoms with Crippen LogP contribution in [0, 0.1) is 34.5 Å². The number of benzene rings is 2. The SMILES string of the molecule is COc1ccccc1[C@@H](C(C#N)C#N)[C@@H]1C(=O)N(Cc2ccccc2)N=C1C. The fraction of sp³-hybridized carbons (Fsp3) is 0.273. The summed E-state index contributed by atoms with van der Waals surface area (Å²) in [6.07, 6.45) is 0. The molecule has 0 unspecified atom stereocenters. The highest BCUT2D eigenvalue weighted by Gasteiger charge is 2.44. The Morgan fingerprint density at radius 1 is 1.11 bits per heavy atom. The van der Waals surface area contributed by atoms with E-state index in [-0.39, 0.29) is 5.91 Å². The molecule has 0 N–H and O–H groups in total. The van der Waals surface area contributed by atoms with Crippen LogP contribution in [0.25, 0.3) is 0 Å². The lowest BCUT2D eigenvalue weighted by atomic mass is 9.75. The predicted octanol–water partition coefficient (Wildman–Crippen LogP) is 3.48. The van der Waals surface area contributed by atoms with Gasteiger partial charge in [-0.2, -0.15) is 15.6 Å². The van der Waals surface area contributed by atoms with Crippen LogP contribution in [0.15, 0.2) is 59.7 Å². The van der Waals surface area contributed by atoms with Crippen molar-refractivity contribution in [2.24, 2.45) is 16.9 Å². The number of hydrazone groups is 1. The number of nitrogens with zero attached hydrogens (tertiary/aromatic N) is 4. The monoisotopic (exact) mass is 372 g/mol. The average molecular weight is 372 g/mol. The zero-order chi connectivity index (χ0) is 20.1. The largest absolute Gasteiger partial charge is 0.496 e. The van der Waals surface area contributed by atoms with Gasteiger partial charge in [0.25, 0.3) is 5.91 Å². The van der Waals surface area contributed by atoms with Crippen LogP contribution in [0.2, 0.25) is 0 Å². The number of hydrogen-bond acceptors (Lipinski definition) is 5. The molecule has 0 radical (unpaired) electrons. The standard InChI is InChI=1S/C22H20N4O2/c1-15-20(22(27)26(25-15)14-16-8-4-3-5-9-16)21(17(12-23)13-24)18-10-6-7-11-19(18)28-2/h3-11,17,20-21H,14H2,1-2H3/t20-,21-/m1/s1. The van der Waals surface area contributed by atoms with E-state index in [1.165, 1.54) is 12.1 Å². The van der Waals surface area contributed by atoms with Crippen molar-refractivity contribution in [3.05, 3.63) is 65.7 Å². The van der Waals surface area contributed by atoms with E-state index < -0.39 is 17.8 Å². The van der Waals surface area contributed by atoms with E-state index >= 15 is 0 Å². The van der Waals surface area contributed by atoms with Gasteiger partial charge < -0.3 is 4.74 Å². The molecule has 0 bridgehead atoms. The summed E-state index contributed by atoms with van der Waals surface area (Å²) in [5.74, 6) is -2.03. The molecule has 1 amide bonds. The Balaban J connectivity index is 1.99. The third-order valence-electron chi connectivity index (χ3n) is 4.92. The zero-order valence-electron chi connectivity index (χ0n) is 15.7. The summed E-state index contributed by atoms with van der Waals surface area (Å²) in [6.45, 7) is 2.11. The molecular weight excluding hydrogens is 352 g/mol. The van der Waals surface area contributed by atoms with Crippen molar-refractivity contribution in [3.63, 3.8) is 0 Å². The summed E-state index contributed by atoms with van der Waals surface area (Å²) >= 11 is 0. The maximum Gasteiger partial charge on any atom is 0.252 e. The Kier molecular flexibility index (Phi) is 5.72.